The van der Waals surface area contributed by atoms with Gasteiger partial charge in [-0.1, -0.05) is 19.1 Å². The van der Waals surface area contributed by atoms with Crippen LogP contribution >= 0.6 is 0 Å². The monoisotopic (exact) mass is 410 g/mol. The molecule has 1 aliphatic rings. The molecule has 2 aromatic carbocycles. The molecular formula is C24H22N6O. The van der Waals surface area contributed by atoms with Crippen LogP contribution in [0.5, 0.6) is 0 Å². The summed E-state index contributed by atoms with van der Waals surface area (Å²) in [6.45, 7) is 4.82. The summed E-state index contributed by atoms with van der Waals surface area (Å²) in [7, 11) is 0. The molecule has 0 aromatic heterocycles. The fraction of sp³-hybridized carbons (Fsp3) is 0.250. The van der Waals surface area contributed by atoms with E-state index in [2.05, 4.69) is 17.1 Å². The molecule has 0 spiro atoms. The van der Waals surface area contributed by atoms with E-state index < -0.39 is 0 Å². The van der Waals surface area contributed by atoms with Crippen LogP contribution in [-0.4, -0.2) is 37.0 Å². The Balaban J connectivity index is 1.60. The van der Waals surface area contributed by atoms with Crippen LogP contribution in [0, 0.1) is 34.0 Å². The number of benzene rings is 2. The predicted molar refractivity (Wildman–Crippen MR) is 118 cm³/mol. The highest BCUT2D eigenvalue weighted by atomic mass is 16.2. The van der Waals surface area contributed by atoms with Crippen LogP contribution in [0.25, 0.3) is 0 Å². The Morgan fingerprint density at radius 1 is 0.903 bits per heavy atom. The van der Waals surface area contributed by atoms with Gasteiger partial charge in [-0.3, -0.25) is 4.79 Å². The summed E-state index contributed by atoms with van der Waals surface area (Å²) in [6, 6.07) is 20.5. The van der Waals surface area contributed by atoms with Crippen LogP contribution in [0.1, 0.15) is 22.8 Å². The van der Waals surface area contributed by atoms with Crippen molar-refractivity contribution in [2.75, 3.05) is 36.4 Å². The number of carbonyl (C=O) groups excluding carboxylic acids is 1. The van der Waals surface area contributed by atoms with Crippen LogP contribution in [0.15, 0.2) is 59.8 Å². The number of hydrogen-bond donors (Lipinski definition) is 1. The second kappa shape index (κ2) is 9.96. The second-order valence-electron chi connectivity index (χ2n) is 7.09. The summed E-state index contributed by atoms with van der Waals surface area (Å²) in [5.74, 6) is 0.0588. The molecule has 1 aliphatic heterocycles. The fourth-order valence-electron chi connectivity index (χ4n) is 3.42. The van der Waals surface area contributed by atoms with Crippen LogP contribution < -0.4 is 10.2 Å². The van der Waals surface area contributed by atoms with Crippen LogP contribution in [-0.2, 0) is 6.42 Å². The summed E-state index contributed by atoms with van der Waals surface area (Å²) in [4.78, 5) is 16.8. The summed E-state index contributed by atoms with van der Waals surface area (Å²) >= 11 is 0. The van der Waals surface area contributed by atoms with Gasteiger partial charge in [0, 0.05) is 43.1 Å². The van der Waals surface area contributed by atoms with Crippen LogP contribution in [0.3, 0.4) is 0 Å². The van der Waals surface area contributed by atoms with Crippen molar-refractivity contribution < 1.29 is 4.79 Å². The van der Waals surface area contributed by atoms with Gasteiger partial charge >= 0.3 is 0 Å². The molecule has 1 saturated heterocycles. The third-order valence-corrected chi connectivity index (χ3v) is 5.26. The predicted octanol–water partition coefficient (Wildman–Crippen LogP) is 3.45. The molecule has 154 valence electrons. The first-order chi connectivity index (χ1) is 15.1. The lowest BCUT2D eigenvalue weighted by Crippen LogP contribution is -2.48. The van der Waals surface area contributed by atoms with Gasteiger partial charge in [0.1, 0.15) is 23.9 Å². The van der Waals surface area contributed by atoms with Gasteiger partial charge in [-0.05, 0) is 48.4 Å². The molecule has 1 heterocycles. The van der Waals surface area contributed by atoms with Crippen molar-refractivity contribution in [3.8, 4) is 18.2 Å². The summed E-state index contributed by atoms with van der Waals surface area (Å²) in [5, 5.41) is 29.8. The Morgan fingerprint density at radius 2 is 1.52 bits per heavy atom. The van der Waals surface area contributed by atoms with Crippen molar-refractivity contribution in [2.45, 2.75) is 13.3 Å². The zero-order chi connectivity index (χ0) is 22.2. The Labute approximate surface area is 182 Å². The van der Waals surface area contributed by atoms with E-state index in [1.54, 1.807) is 24.3 Å². The number of anilines is 2. The minimum atomic E-state index is -0.253. The average Bonchev–Trinajstić information content (AvgIpc) is 2.84. The number of carbonyl (C=O) groups is 1. The van der Waals surface area contributed by atoms with E-state index >= 15 is 0 Å². The molecule has 7 nitrogen and oxygen atoms in total. The number of nitrogens with zero attached hydrogens (tertiary/aromatic N) is 5. The minimum absolute atomic E-state index is 0.0588. The zero-order valence-corrected chi connectivity index (χ0v) is 17.3. The van der Waals surface area contributed by atoms with Gasteiger partial charge in [-0.25, -0.2) is 0 Å². The highest BCUT2D eigenvalue weighted by Gasteiger charge is 2.22. The number of nitriles is 3. The first-order valence-electron chi connectivity index (χ1n) is 10.0. The van der Waals surface area contributed by atoms with Gasteiger partial charge in [0.25, 0.3) is 5.91 Å². The van der Waals surface area contributed by atoms with Crippen molar-refractivity contribution in [3.63, 3.8) is 0 Å². The molecule has 0 aliphatic carbocycles. The molecule has 0 radical (unpaired) electrons. The maximum absolute atomic E-state index is 12.7. The van der Waals surface area contributed by atoms with E-state index in [0.29, 0.717) is 18.8 Å². The number of allylic oxidation sites excluding steroid dienone is 2. The molecule has 1 N–H and O–H groups in total. The fourth-order valence-corrected chi connectivity index (χ4v) is 3.42. The smallest absolute Gasteiger partial charge is 0.253 e. The highest BCUT2D eigenvalue weighted by molar-refractivity contribution is 5.94. The van der Waals surface area contributed by atoms with E-state index in [0.717, 1.165) is 30.8 Å². The molecule has 31 heavy (non-hydrogen) atoms. The maximum Gasteiger partial charge on any atom is 0.253 e. The standard InChI is InChI=1S/C24H22N6O/c1-2-18-3-5-19(6-4-18)24(31)30-13-11-29(12-14-30)22-9-7-21(8-10-22)28-23(17-27)20(15-25)16-26/h3-10,28H,2,11-14H2,1H3. The van der Waals surface area contributed by atoms with Gasteiger partial charge in [0.15, 0.2) is 5.57 Å². The molecule has 2 aromatic rings. The lowest BCUT2D eigenvalue weighted by Gasteiger charge is -2.36. The van der Waals surface area contributed by atoms with E-state index in [1.807, 2.05) is 47.4 Å². The molecule has 0 atom stereocenters. The summed E-state index contributed by atoms with van der Waals surface area (Å²) < 4.78 is 0. The van der Waals surface area contributed by atoms with E-state index in [9.17, 15) is 4.79 Å². The lowest BCUT2D eigenvalue weighted by atomic mass is 10.1. The molecule has 1 amide bonds. The van der Waals surface area contributed by atoms with Crippen molar-refractivity contribution in [3.05, 3.63) is 70.9 Å². The Morgan fingerprint density at radius 3 is 2.03 bits per heavy atom. The Bertz CT molecular complexity index is 1070. The first kappa shape index (κ1) is 21.4. The quantitative estimate of drug-likeness (QED) is 0.757. The number of piperazine rings is 1. The number of aryl methyl sites for hydroxylation is 1. The normalized spacial score (nSPS) is 12.8. The molecule has 0 saturated carbocycles. The molecule has 0 bridgehead atoms. The first-order valence-corrected chi connectivity index (χ1v) is 10.0. The zero-order valence-electron chi connectivity index (χ0n) is 17.3. The van der Waals surface area contributed by atoms with Crippen molar-refractivity contribution in [2.24, 2.45) is 0 Å². The summed E-state index contributed by atoms with van der Waals surface area (Å²) in [5.41, 5.74) is 3.24. The number of hydrogen-bond acceptors (Lipinski definition) is 6. The third-order valence-electron chi connectivity index (χ3n) is 5.26. The molecule has 3 rings (SSSR count). The molecule has 0 unspecified atom stereocenters. The summed E-state index contributed by atoms with van der Waals surface area (Å²) in [6.07, 6.45) is 0.952. The highest BCUT2D eigenvalue weighted by Crippen LogP contribution is 2.21. The third kappa shape index (κ3) is 5.01. The van der Waals surface area contributed by atoms with Crippen LogP contribution in [0.4, 0.5) is 11.4 Å². The number of nitrogens with one attached hydrogen (secondary N) is 1. The SMILES string of the molecule is CCc1ccc(C(=O)N2CCN(c3ccc(NC(C#N)=C(C#N)C#N)cc3)CC2)cc1. The maximum atomic E-state index is 12.7. The van der Waals surface area contributed by atoms with E-state index in [4.69, 9.17) is 15.8 Å². The molecule has 7 heteroatoms. The largest absolute Gasteiger partial charge is 0.368 e. The average molecular weight is 410 g/mol. The number of amides is 1. The number of rotatable bonds is 5. The Kier molecular flexibility index (Phi) is 6.89. The topological polar surface area (TPSA) is 107 Å². The van der Waals surface area contributed by atoms with Gasteiger partial charge in [-0.2, -0.15) is 15.8 Å². The van der Waals surface area contributed by atoms with E-state index in [1.165, 1.54) is 5.56 Å². The van der Waals surface area contributed by atoms with Gasteiger partial charge in [0.05, 0.1) is 0 Å². The second-order valence-corrected chi connectivity index (χ2v) is 7.09. The van der Waals surface area contributed by atoms with Gasteiger partial charge in [-0.15, -0.1) is 0 Å². The van der Waals surface area contributed by atoms with Crippen molar-refractivity contribution in [1.82, 2.24) is 4.90 Å². The van der Waals surface area contributed by atoms with E-state index in [-0.39, 0.29) is 17.2 Å². The molecular weight excluding hydrogens is 388 g/mol. The lowest BCUT2D eigenvalue weighted by molar-refractivity contribution is 0.0747. The Hall–Kier alpha value is -4.28. The van der Waals surface area contributed by atoms with Crippen LogP contribution in [0.2, 0.25) is 0 Å². The van der Waals surface area contributed by atoms with Gasteiger partial charge < -0.3 is 15.1 Å². The van der Waals surface area contributed by atoms with Gasteiger partial charge in [0.2, 0.25) is 0 Å². The van der Waals surface area contributed by atoms with Crippen molar-refractivity contribution in [1.29, 1.82) is 15.8 Å². The minimum Gasteiger partial charge on any atom is -0.368 e. The molecule has 1 fully saturated rings. The van der Waals surface area contributed by atoms with Crippen molar-refractivity contribution >= 4 is 17.3 Å².